The molecule has 0 radical (unpaired) electrons. The lowest BCUT2D eigenvalue weighted by atomic mass is 10.1. The van der Waals surface area contributed by atoms with E-state index in [9.17, 15) is 13.2 Å². The summed E-state index contributed by atoms with van der Waals surface area (Å²) in [7, 11) is 0. The van der Waals surface area contributed by atoms with Crippen LogP contribution in [0.15, 0.2) is 54.6 Å². The summed E-state index contributed by atoms with van der Waals surface area (Å²) in [5.74, 6) is -1.26. The lowest BCUT2D eigenvalue weighted by Crippen LogP contribution is -2.12. The Morgan fingerprint density at radius 1 is 0.600 bits per heavy atom. The van der Waals surface area contributed by atoms with Crippen molar-refractivity contribution in [1.82, 2.24) is 0 Å². The van der Waals surface area contributed by atoms with Gasteiger partial charge in [0.25, 0.3) is 0 Å². The lowest BCUT2D eigenvalue weighted by molar-refractivity contribution is 0.615. The van der Waals surface area contributed by atoms with Crippen molar-refractivity contribution in [3.8, 4) is 0 Å². The number of anilines is 3. The van der Waals surface area contributed by atoms with Gasteiger partial charge in [0, 0.05) is 11.4 Å². The third-order valence-corrected chi connectivity index (χ3v) is 4.17. The number of hydrogen-bond donors (Lipinski definition) is 0. The summed E-state index contributed by atoms with van der Waals surface area (Å²) in [4.78, 5) is 1.51. The number of hydrogen-bond acceptors (Lipinski definition) is 1. The molecule has 0 saturated heterocycles. The van der Waals surface area contributed by atoms with E-state index in [1.54, 1.807) is 57.2 Å². The first-order chi connectivity index (χ1) is 11.9. The van der Waals surface area contributed by atoms with Gasteiger partial charge in [0.05, 0.1) is 5.69 Å². The third kappa shape index (κ3) is 3.38. The van der Waals surface area contributed by atoms with Crippen molar-refractivity contribution < 1.29 is 13.2 Å². The number of halogens is 3. The first kappa shape index (κ1) is 17.1. The van der Waals surface area contributed by atoms with Gasteiger partial charge in [-0.3, -0.25) is 0 Å². The Morgan fingerprint density at radius 3 is 1.56 bits per heavy atom. The summed E-state index contributed by atoms with van der Waals surface area (Å²) in [5.41, 5.74) is 2.83. The highest BCUT2D eigenvalue weighted by molar-refractivity contribution is 5.77. The van der Waals surface area contributed by atoms with Gasteiger partial charge in [0.1, 0.15) is 17.5 Å². The molecule has 0 bridgehead atoms. The van der Waals surface area contributed by atoms with Crippen LogP contribution in [0.2, 0.25) is 0 Å². The summed E-state index contributed by atoms with van der Waals surface area (Å²) in [6.45, 7) is 5.09. The van der Waals surface area contributed by atoms with E-state index in [-0.39, 0.29) is 5.69 Å². The molecule has 0 aliphatic rings. The average Bonchev–Trinajstić information content (AvgIpc) is 2.56. The molecular formula is C21H18F3N. The first-order valence-corrected chi connectivity index (χ1v) is 7.95. The largest absolute Gasteiger partial charge is 0.307 e. The number of benzene rings is 3. The van der Waals surface area contributed by atoms with Gasteiger partial charge in [-0.1, -0.05) is 18.2 Å². The van der Waals surface area contributed by atoms with Crippen LogP contribution in [0.5, 0.6) is 0 Å². The minimum Gasteiger partial charge on any atom is -0.307 e. The van der Waals surface area contributed by atoms with Gasteiger partial charge in [-0.15, -0.1) is 0 Å². The second-order valence-electron chi connectivity index (χ2n) is 6.16. The maximum absolute atomic E-state index is 14.6. The Hall–Kier alpha value is -2.75. The SMILES string of the molecule is Cc1ccc(N(c2ccc(C)c(F)c2)c2ccc(C)c(F)c2)c(F)c1. The number of aryl methyl sites for hydroxylation is 3. The van der Waals surface area contributed by atoms with Gasteiger partial charge in [-0.05, 0) is 73.9 Å². The molecule has 0 aliphatic heterocycles. The summed E-state index contributed by atoms with van der Waals surface area (Å²) in [6, 6.07) is 14.0. The second-order valence-corrected chi connectivity index (χ2v) is 6.16. The molecule has 0 saturated carbocycles. The molecule has 0 aromatic heterocycles. The number of rotatable bonds is 3. The van der Waals surface area contributed by atoms with E-state index in [1.165, 1.54) is 23.1 Å². The van der Waals surface area contributed by atoms with E-state index < -0.39 is 17.5 Å². The molecular weight excluding hydrogens is 323 g/mol. The minimum absolute atomic E-state index is 0.233. The average molecular weight is 341 g/mol. The van der Waals surface area contributed by atoms with Crippen LogP contribution >= 0.6 is 0 Å². The topological polar surface area (TPSA) is 3.24 Å². The zero-order chi connectivity index (χ0) is 18.1. The van der Waals surface area contributed by atoms with E-state index in [2.05, 4.69) is 0 Å². The molecule has 0 amide bonds. The molecule has 3 rings (SSSR count). The van der Waals surface area contributed by atoms with Gasteiger partial charge < -0.3 is 4.90 Å². The van der Waals surface area contributed by atoms with Crippen LogP contribution in [-0.4, -0.2) is 0 Å². The van der Waals surface area contributed by atoms with E-state index >= 15 is 0 Å². The van der Waals surface area contributed by atoms with Crippen LogP contribution < -0.4 is 4.90 Å². The van der Waals surface area contributed by atoms with Gasteiger partial charge in [0.15, 0.2) is 0 Å². The Labute approximate surface area is 145 Å². The fourth-order valence-electron chi connectivity index (χ4n) is 2.66. The van der Waals surface area contributed by atoms with E-state index in [0.29, 0.717) is 22.5 Å². The fraction of sp³-hybridized carbons (Fsp3) is 0.143. The molecule has 0 unspecified atom stereocenters. The molecule has 0 atom stereocenters. The Kier molecular flexibility index (Phi) is 4.53. The summed E-state index contributed by atoms with van der Waals surface area (Å²) in [5, 5.41) is 0. The van der Waals surface area contributed by atoms with Crippen LogP contribution in [0.25, 0.3) is 0 Å². The van der Waals surface area contributed by atoms with Gasteiger partial charge >= 0.3 is 0 Å². The first-order valence-electron chi connectivity index (χ1n) is 7.95. The van der Waals surface area contributed by atoms with Crippen molar-refractivity contribution in [2.45, 2.75) is 20.8 Å². The van der Waals surface area contributed by atoms with Gasteiger partial charge in [0.2, 0.25) is 0 Å². The smallest absolute Gasteiger partial charge is 0.147 e. The highest BCUT2D eigenvalue weighted by Gasteiger charge is 2.18. The van der Waals surface area contributed by atoms with Crippen molar-refractivity contribution in [2.75, 3.05) is 4.90 Å². The van der Waals surface area contributed by atoms with Crippen molar-refractivity contribution >= 4 is 17.1 Å². The molecule has 4 heteroatoms. The second kappa shape index (κ2) is 6.63. The Bertz CT molecular complexity index is 883. The standard InChI is InChI=1S/C21H18F3N/c1-13-4-9-21(20(24)10-13)25(16-7-5-14(2)18(22)11-16)17-8-6-15(3)19(23)12-17/h4-12H,1-3H3. The Balaban J connectivity index is 2.23. The molecule has 1 nitrogen and oxygen atoms in total. The van der Waals surface area contributed by atoms with Gasteiger partial charge in [-0.2, -0.15) is 0 Å². The van der Waals surface area contributed by atoms with Crippen molar-refractivity contribution in [1.29, 1.82) is 0 Å². The molecule has 3 aromatic carbocycles. The maximum atomic E-state index is 14.6. The molecule has 0 aliphatic carbocycles. The maximum Gasteiger partial charge on any atom is 0.147 e. The van der Waals surface area contributed by atoms with E-state index in [4.69, 9.17) is 0 Å². The highest BCUT2D eigenvalue weighted by atomic mass is 19.1. The molecule has 0 spiro atoms. The minimum atomic E-state index is -0.457. The molecule has 0 fully saturated rings. The summed E-state index contributed by atoms with van der Waals surface area (Å²) >= 11 is 0. The predicted molar refractivity (Wildman–Crippen MR) is 95.2 cm³/mol. The van der Waals surface area contributed by atoms with Gasteiger partial charge in [-0.25, -0.2) is 13.2 Å². The number of nitrogens with zero attached hydrogens (tertiary/aromatic N) is 1. The van der Waals surface area contributed by atoms with Crippen LogP contribution in [0.3, 0.4) is 0 Å². The van der Waals surface area contributed by atoms with Crippen molar-refractivity contribution in [3.05, 3.63) is 88.7 Å². The van der Waals surface area contributed by atoms with E-state index in [1.807, 2.05) is 0 Å². The highest BCUT2D eigenvalue weighted by Crippen LogP contribution is 2.37. The fourth-order valence-corrected chi connectivity index (χ4v) is 2.66. The molecule has 0 N–H and O–H groups in total. The normalized spacial score (nSPS) is 10.8. The Morgan fingerprint density at radius 2 is 1.12 bits per heavy atom. The van der Waals surface area contributed by atoms with Crippen LogP contribution in [0, 0.1) is 38.2 Å². The summed E-state index contributed by atoms with van der Waals surface area (Å²) in [6.07, 6.45) is 0. The molecule has 3 aromatic rings. The molecule has 25 heavy (non-hydrogen) atoms. The quantitative estimate of drug-likeness (QED) is 0.525. The predicted octanol–water partition coefficient (Wildman–Crippen LogP) is 6.50. The monoisotopic (exact) mass is 341 g/mol. The molecule has 0 heterocycles. The van der Waals surface area contributed by atoms with Crippen molar-refractivity contribution in [2.24, 2.45) is 0 Å². The summed E-state index contributed by atoms with van der Waals surface area (Å²) < 4.78 is 42.8. The third-order valence-electron chi connectivity index (χ3n) is 4.17. The zero-order valence-electron chi connectivity index (χ0n) is 14.3. The van der Waals surface area contributed by atoms with E-state index in [0.717, 1.165) is 5.56 Å². The van der Waals surface area contributed by atoms with Crippen LogP contribution in [-0.2, 0) is 0 Å². The zero-order valence-corrected chi connectivity index (χ0v) is 14.3. The van der Waals surface area contributed by atoms with Crippen LogP contribution in [0.4, 0.5) is 30.2 Å². The van der Waals surface area contributed by atoms with Crippen LogP contribution in [0.1, 0.15) is 16.7 Å². The van der Waals surface area contributed by atoms with Crippen molar-refractivity contribution in [3.63, 3.8) is 0 Å². The lowest BCUT2D eigenvalue weighted by Gasteiger charge is -2.26. The molecule has 128 valence electrons.